The van der Waals surface area contributed by atoms with Gasteiger partial charge < -0.3 is 14.0 Å². The van der Waals surface area contributed by atoms with E-state index in [2.05, 4.69) is 10.2 Å². The van der Waals surface area contributed by atoms with Crippen LogP contribution in [0, 0.1) is 0 Å². The summed E-state index contributed by atoms with van der Waals surface area (Å²) in [6, 6.07) is 25.2. The lowest BCUT2D eigenvalue weighted by molar-refractivity contribution is 0.102. The number of aryl methyl sites for hydroxylation is 1. The molecule has 0 aliphatic carbocycles. The second-order valence-electron chi connectivity index (χ2n) is 8.33. The summed E-state index contributed by atoms with van der Waals surface area (Å²) < 4.78 is 15.4. The molecule has 0 saturated carbocycles. The van der Waals surface area contributed by atoms with Crippen molar-refractivity contribution in [3.8, 4) is 17.2 Å². The van der Waals surface area contributed by atoms with Gasteiger partial charge in [0.05, 0.1) is 12.9 Å². The molecule has 0 aliphatic heterocycles. The molecule has 0 N–H and O–H groups in total. The van der Waals surface area contributed by atoms with Gasteiger partial charge in [0, 0.05) is 41.5 Å². The molecule has 5 rings (SSSR count). The van der Waals surface area contributed by atoms with Crippen molar-refractivity contribution in [1.82, 2.24) is 19.3 Å². The van der Waals surface area contributed by atoms with E-state index in [9.17, 15) is 4.79 Å². The minimum atomic E-state index is -0.395. The number of methoxy groups -OCH3 is 1. The summed E-state index contributed by atoms with van der Waals surface area (Å²) in [6.07, 6.45) is 1.50. The lowest BCUT2D eigenvalue weighted by Gasteiger charge is -2.17. The second kappa shape index (κ2) is 10.3. The summed E-state index contributed by atoms with van der Waals surface area (Å²) in [4.78, 5) is 13.2. The number of rotatable bonds is 9. The number of thioether (sulfide) groups is 1. The summed E-state index contributed by atoms with van der Waals surface area (Å²) in [5.41, 5.74) is 2.64. The maximum atomic E-state index is 13.2. The summed E-state index contributed by atoms with van der Waals surface area (Å²) in [7, 11) is 3.58. The van der Waals surface area contributed by atoms with Crippen LogP contribution in [0.2, 0.25) is 0 Å². The number of Topliss-reactive ketones (excluding diaryl/α,β-unsaturated/α-hetero) is 1. The molecule has 1 unspecified atom stereocenters. The van der Waals surface area contributed by atoms with Crippen LogP contribution in [-0.4, -0.2) is 38.0 Å². The first kappa shape index (κ1) is 23.7. The van der Waals surface area contributed by atoms with Gasteiger partial charge in [0.25, 0.3) is 0 Å². The molecule has 0 amide bonds. The van der Waals surface area contributed by atoms with Crippen molar-refractivity contribution in [1.29, 1.82) is 0 Å². The molecule has 8 heteroatoms. The third-order valence-electron chi connectivity index (χ3n) is 5.92. The van der Waals surface area contributed by atoms with Crippen molar-refractivity contribution in [3.05, 3.63) is 96.4 Å². The zero-order valence-corrected chi connectivity index (χ0v) is 21.1. The lowest BCUT2D eigenvalue weighted by atomic mass is 10.1. The number of carbonyl (C=O) groups excluding carboxylic acids is 1. The SMILES string of the molecule is COc1cccc(OC(C)c2nnc(SCC(=O)c3cn(C)c4ccccc34)n2-c2ccccc2)c1. The van der Waals surface area contributed by atoms with E-state index in [0.717, 1.165) is 16.6 Å². The average molecular weight is 499 g/mol. The van der Waals surface area contributed by atoms with Gasteiger partial charge in [-0.3, -0.25) is 9.36 Å². The first-order valence-electron chi connectivity index (χ1n) is 11.6. The molecular weight excluding hydrogens is 472 g/mol. The number of fused-ring (bicyclic) bond motifs is 1. The molecule has 0 aliphatic rings. The van der Waals surface area contributed by atoms with E-state index in [1.807, 2.05) is 108 Å². The predicted molar refractivity (Wildman–Crippen MR) is 141 cm³/mol. The molecule has 3 aromatic carbocycles. The molecule has 0 saturated heterocycles. The Hall–Kier alpha value is -4.04. The maximum absolute atomic E-state index is 13.2. The van der Waals surface area contributed by atoms with Crippen molar-refractivity contribution in [2.24, 2.45) is 7.05 Å². The zero-order valence-electron chi connectivity index (χ0n) is 20.3. The molecule has 0 spiro atoms. The molecule has 0 fully saturated rings. The van der Waals surface area contributed by atoms with Crippen molar-refractivity contribution < 1.29 is 14.3 Å². The molecule has 0 radical (unpaired) electrons. The normalized spacial score (nSPS) is 12.0. The minimum absolute atomic E-state index is 0.0432. The summed E-state index contributed by atoms with van der Waals surface area (Å²) in [6.45, 7) is 1.93. The van der Waals surface area contributed by atoms with Crippen molar-refractivity contribution in [2.45, 2.75) is 18.2 Å². The van der Waals surface area contributed by atoms with Gasteiger partial charge in [-0.05, 0) is 37.3 Å². The van der Waals surface area contributed by atoms with Gasteiger partial charge in [-0.2, -0.15) is 0 Å². The van der Waals surface area contributed by atoms with Crippen LogP contribution in [0.4, 0.5) is 0 Å². The molecule has 7 nitrogen and oxygen atoms in total. The number of ketones is 1. The van der Waals surface area contributed by atoms with Crippen LogP contribution < -0.4 is 9.47 Å². The molecule has 0 bridgehead atoms. The van der Waals surface area contributed by atoms with E-state index in [0.29, 0.717) is 28.0 Å². The van der Waals surface area contributed by atoms with Crippen LogP contribution in [0.15, 0.2) is 90.2 Å². The monoisotopic (exact) mass is 498 g/mol. The molecule has 5 aromatic rings. The summed E-state index contributed by atoms with van der Waals surface area (Å²) >= 11 is 1.37. The number of ether oxygens (including phenoxy) is 2. The van der Waals surface area contributed by atoms with Crippen molar-refractivity contribution in [3.63, 3.8) is 0 Å². The first-order valence-corrected chi connectivity index (χ1v) is 12.5. The molecular formula is C28H26N4O3S. The van der Waals surface area contributed by atoms with Gasteiger partial charge in [-0.25, -0.2) is 0 Å². The number of nitrogens with zero attached hydrogens (tertiary/aromatic N) is 4. The minimum Gasteiger partial charge on any atom is -0.497 e. The maximum Gasteiger partial charge on any atom is 0.196 e. The fraction of sp³-hybridized carbons (Fsp3) is 0.179. The Balaban J connectivity index is 1.42. The molecule has 1 atom stereocenters. The zero-order chi connectivity index (χ0) is 25.1. The van der Waals surface area contributed by atoms with E-state index < -0.39 is 6.10 Å². The second-order valence-corrected chi connectivity index (χ2v) is 9.28. The Labute approximate surface area is 213 Å². The Morgan fingerprint density at radius 1 is 0.972 bits per heavy atom. The number of para-hydroxylation sites is 2. The Kier molecular flexibility index (Phi) is 6.77. The molecule has 2 aromatic heterocycles. The van der Waals surface area contributed by atoms with E-state index in [4.69, 9.17) is 9.47 Å². The highest BCUT2D eigenvalue weighted by molar-refractivity contribution is 7.99. The van der Waals surface area contributed by atoms with Crippen LogP contribution in [0.3, 0.4) is 0 Å². The highest BCUT2D eigenvalue weighted by Gasteiger charge is 2.22. The number of benzene rings is 3. The van der Waals surface area contributed by atoms with Crippen molar-refractivity contribution >= 4 is 28.4 Å². The van der Waals surface area contributed by atoms with Crippen LogP contribution in [-0.2, 0) is 7.05 Å². The van der Waals surface area contributed by atoms with Crippen molar-refractivity contribution in [2.75, 3.05) is 12.9 Å². The average Bonchev–Trinajstić information content (AvgIpc) is 3.49. The fourth-order valence-electron chi connectivity index (χ4n) is 4.16. The number of aromatic nitrogens is 4. The highest BCUT2D eigenvalue weighted by atomic mass is 32.2. The van der Waals surface area contributed by atoms with Gasteiger partial charge in [0.1, 0.15) is 11.5 Å². The van der Waals surface area contributed by atoms with Gasteiger partial charge in [0.2, 0.25) is 0 Å². The first-order chi connectivity index (χ1) is 17.5. The number of hydrogen-bond acceptors (Lipinski definition) is 6. The Morgan fingerprint density at radius 3 is 2.53 bits per heavy atom. The van der Waals surface area contributed by atoms with Crippen LogP contribution in [0.25, 0.3) is 16.6 Å². The molecule has 36 heavy (non-hydrogen) atoms. The Morgan fingerprint density at radius 2 is 1.72 bits per heavy atom. The number of hydrogen-bond donors (Lipinski definition) is 0. The van der Waals surface area contributed by atoms with Crippen LogP contribution >= 0.6 is 11.8 Å². The quantitative estimate of drug-likeness (QED) is 0.187. The van der Waals surface area contributed by atoms with E-state index in [1.165, 1.54) is 11.8 Å². The lowest BCUT2D eigenvalue weighted by Crippen LogP contribution is -2.12. The van der Waals surface area contributed by atoms with Gasteiger partial charge in [-0.15, -0.1) is 10.2 Å². The van der Waals surface area contributed by atoms with Crippen LogP contribution in [0.1, 0.15) is 29.2 Å². The van der Waals surface area contributed by atoms with E-state index in [1.54, 1.807) is 7.11 Å². The molecule has 182 valence electrons. The Bertz CT molecular complexity index is 1510. The third-order valence-corrected chi connectivity index (χ3v) is 6.85. The van der Waals surface area contributed by atoms with Gasteiger partial charge in [0.15, 0.2) is 22.9 Å². The van der Waals surface area contributed by atoms with E-state index in [-0.39, 0.29) is 11.5 Å². The summed E-state index contributed by atoms with van der Waals surface area (Å²) in [5.74, 6) is 2.31. The van der Waals surface area contributed by atoms with E-state index >= 15 is 0 Å². The van der Waals surface area contributed by atoms with Gasteiger partial charge in [-0.1, -0.05) is 54.2 Å². The summed E-state index contributed by atoms with van der Waals surface area (Å²) in [5, 5.41) is 10.5. The predicted octanol–water partition coefficient (Wildman–Crippen LogP) is 5.88. The smallest absolute Gasteiger partial charge is 0.196 e. The van der Waals surface area contributed by atoms with Crippen LogP contribution in [0.5, 0.6) is 11.5 Å². The standard InChI is InChI=1S/C28H26N4O3S/c1-19(35-22-13-9-12-21(16-22)34-3)27-29-30-28(32(27)20-10-5-4-6-11-20)36-18-26(33)24-17-31(2)25-15-8-7-14-23(24)25/h4-17,19H,18H2,1-3H3. The third kappa shape index (κ3) is 4.72. The molecule has 2 heterocycles. The topological polar surface area (TPSA) is 71.2 Å². The highest BCUT2D eigenvalue weighted by Crippen LogP contribution is 2.30. The van der Waals surface area contributed by atoms with Gasteiger partial charge >= 0.3 is 0 Å². The fourth-order valence-corrected chi connectivity index (χ4v) is 5.00. The number of carbonyl (C=O) groups is 1. The largest absolute Gasteiger partial charge is 0.497 e.